The molecule has 152 valence electrons. The number of likely N-dealkylation sites (tertiary alicyclic amines) is 1. The molecule has 1 aliphatic rings. The van der Waals surface area contributed by atoms with Gasteiger partial charge in [0.05, 0.1) is 17.6 Å². The Morgan fingerprint density at radius 3 is 2.64 bits per heavy atom. The van der Waals surface area contributed by atoms with E-state index in [-0.39, 0.29) is 24.2 Å². The standard InChI is InChI=1S/C17H22F3N7O/c1-5-21-13-11(17(18,19)20)8-22-15(24-13)23-12-9-27(25-10(12)2)16(3)6-7-26(4)14(16)28/h8-9H,5-7H2,1-4H3,(H2,21,22,23,24)/t16-/m1/s1. The van der Waals surface area contributed by atoms with Crippen molar-refractivity contribution >= 4 is 23.4 Å². The van der Waals surface area contributed by atoms with Crippen molar-refractivity contribution in [3.05, 3.63) is 23.7 Å². The van der Waals surface area contributed by atoms with Gasteiger partial charge < -0.3 is 15.5 Å². The van der Waals surface area contributed by atoms with E-state index in [1.54, 1.807) is 36.7 Å². The maximum Gasteiger partial charge on any atom is 0.421 e. The monoisotopic (exact) mass is 397 g/mol. The highest BCUT2D eigenvalue weighted by Crippen LogP contribution is 2.35. The summed E-state index contributed by atoms with van der Waals surface area (Å²) in [6.45, 7) is 6.14. The third-order valence-electron chi connectivity index (χ3n) is 4.83. The number of hydrogen-bond donors (Lipinski definition) is 2. The van der Waals surface area contributed by atoms with Crippen LogP contribution < -0.4 is 10.6 Å². The molecule has 0 aromatic carbocycles. The van der Waals surface area contributed by atoms with Crippen LogP contribution in [0.2, 0.25) is 0 Å². The Labute approximate surface area is 160 Å². The molecule has 11 heteroatoms. The maximum atomic E-state index is 13.1. The molecule has 1 aliphatic heterocycles. The van der Waals surface area contributed by atoms with E-state index in [4.69, 9.17) is 0 Å². The van der Waals surface area contributed by atoms with E-state index >= 15 is 0 Å². The molecule has 3 heterocycles. The van der Waals surface area contributed by atoms with Gasteiger partial charge in [0.25, 0.3) is 0 Å². The van der Waals surface area contributed by atoms with E-state index in [0.717, 1.165) is 6.20 Å². The van der Waals surface area contributed by atoms with E-state index in [0.29, 0.717) is 24.3 Å². The molecular formula is C17H22F3N7O. The van der Waals surface area contributed by atoms with Gasteiger partial charge in [-0.15, -0.1) is 0 Å². The molecule has 0 saturated carbocycles. The summed E-state index contributed by atoms with van der Waals surface area (Å²) < 4.78 is 40.9. The average Bonchev–Trinajstić information content (AvgIpc) is 3.11. The van der Waals surface area contributed by atoms with Crippen LogP contribution in [-0.2, 0) is 16.5 Å². The first kappa shape index (κ1) is 19.9. The van der Waals surface area contributed by atoms with E-state index in [1.165, 1.54) is 0 Å². The zero-order chi connectivity index (χ0) is 20.7. The van der Waals surface area contributed by atoms with E-state index in [9.17, 15) is 18.0 Å². The van der Waals surface area contributed by atoms with E-state index in [1.807, 2.05) is 6.92 Å². The first-order valence-corrected chi connectivity index (χ1v) is 8.83. The van der Waals surface area contributed by atoms with Gasteiger partial charge in [0.15, 0.2) is 0 Å². The van der Waals surface area contributed by atoms with Crippen LogP contribution in [0.25, 0.3) is 0 Å². The van der Waals surface area contributed by atoms with Gasteiger partial charge in [-0.1, -0.05) is 0 Å². The van der Waals surface area contributed by atoms with Gasteiger partial charge in [-0.05, 0) is 27.2 Å². The van der Waals surface area contributed by atoms with Crippen LogP contribution in [0.3, 0.4) is 0 Å². The Hall–Kier alpha value is -2.85. The van der Waals surface area contributed by atoms with E-state index < -0.39 is 17.3 Å². The quantitative estimate of drug-likeness (QED) is 0.807. The number of alkyl halides is 3. The number of aryl methyl sites for hydroxylation is 1. The summed E-state index contributed by atoms with van der Waals surface area (Å²) in [7, 11) is 1.74. The highest BCUT2D eigenvalue weighted by molar-refractivity contribution is 5.86. The molecule has 0 aliphatic carbocycles. The Morgan fingerprint density at radius 2 is 2.07 bits per heavy atom. The fourth-order valence-electron chi connectivity index (χ4n) is 3.13. The SMILES string of the molecule is CCNc1nc(Nc2cn([C@]3(C)CCN(C)C3=O)nc2C)ncc1C(F)(F)F. The molecule has 0 radical (unpaired) electrons. The fraction of sp³-hybridized carbons (Fsp3) is 0.529. The smallest absolute Gasteiger partial charge is 0.370 e. The normalized spacial score (nSPS) is 20.0. The number of amides is 1. The van der Waals surface area contributed by atoms with Crippen LogP contribution in [0.15, 0.2) is 12.4 Å². The van der Waals surface area contributed by atoms with Gasteiger partial charge in [-0.2, -0.15) is 23.3 Å². The number of hydrogen-bond acceptors (Lipinski definition) is 6. The molecule has 0 unspecified atom stereocenters. The van der Waals surface area contributed by atoms with E-state index in [2.05, 4.69) is 25.7 Å². The summed E-state index contributed by atoms with van der Waals surface area (Å²) in [6, 6.07) is 0. The van der Waals surface area contributed by atoms with Crippen LogP contribution in [0.1, 0.15) is 31.5 Å². The first-order chi connectivity index (χ1) is 13.1. The van der Waals surface area contributed by atoms with Crippen molar-refractivity contribution in [3.63, 3.8) is 0 Å². The molecule has 1 saturated heterocycles. The molecular weight excluding hydrogens is 375 g/mol. The lowest BCUT2D eigenvalue weighted by atomic mass is 10.0. The van der Waals surface area contributed by atoms with Gasteiger partial charge in [0, 0.05) is 26.3 Å². The number of aromatic nitrogens is 4. The van der Waals surface area contributed by atoms with Crippen LogP contribution >= 0.6 is 0 Å². The number of rotatable bonds is 5. The number of nitrogens with one attached hydrogen (secondary N) is 2. The van der Waals surface area contributed by atoms with Gasteiger partial charge in [-0.25, -0.2) is 4.98 Å². The van der Waals surface area contributed by atoms with Crippen LogP contribution in [0, 0.1) is 6.92 Å². The number of anilines is 3. The predicted octanol–water partition coefficient (Wildman–Crippen LogP) is 2.75. The third kappa shape index (κ3) is 3.48. The van der Waals surface area contributed by atoms with Crippen molar-refractivity contribution in [3.8, 4) is 0 Å². The Kier molecular flexibility index (Phi) is 4.94. The molecule has 1 amide bonds. The van der Waals surface area contributed by atoms with Gasteiger partial charge in [-0.3, -0.25) is 9.48 Å². The van der Waals surface area contributed by atoms with Crippen molar-refractivity contribution in [2.75, 3.05) is 30.8 Å². The summed E-state index contributed by atoms with van der Waals surface area (Å²) in [5, 5.41) is 9.92. The minimum atomic E-state index is -4.56. The molecule has 2 aromatic heterocycles. The lowest BCUT2D eigenvalue weighted by Gasteiger charge is -2.22. The zero-order valence-corrected chi connectivity index (χ0v) is 16.1. The van der Waals surface area contributed by atoms with Gasteiger partial charge in [0.2, 0.25) is 11.9 Å². The lowest BCUT2D eigenvalue weighted by molar-refractivity contribution is -0.137. The molecule has 1 fully saturated rings. The second-order valence-corrected chi connectivity index (χ2v) is 6.93. The van der Waals surface area contributed by atoms with Crippen LogP contribution in [-0.4, -0.2) is 50.7 Å². The molecule has 3 rings (SSSR count). The minimum Gasteiger partial charge on any atom is -0.370 e. The summed E-state index contributed by atoms with van der Waals surface area (Å²) in [5.74, 6) is -0.328. The van der Waals surface area contributed by atoms with Crippen LogP contribution in [0.5, 0.6) is 0 Å². The third-order valence-corrected chi connectivity index (χ3v) is 4.83. The second-order valence-electron chi connectivity index (χ2n) is 6.93. The van der Waals surface area contributed by atoms with Gasteiger partial charge in [0.1, 0.15) is 16.9 Å². The molecule has 2 aromatic rings. The van der Waals surface area contributed by atoms with Crippen molar-refractivity contribution in [1.82, 2.24) is 24.6 Å². The summed E-state index contributed by atoms with van der Waals surface area (Å²) in [4.78, 5) is 21.8. The topological polar surface area (TPSA) is 88.0 Å². The number of carbonyl (C=O) groups excluding carboxylic acids is 1. The highest BCUT2D eigenvalue weighted by atomic mass is 19.4. The maximum absolute atomic E-state index is 13.1. The molecule has 0 spiro atoms. The number of likely N-dealkylation sites (N-methyl/N-ethyl adjacent to an activating group) is 1. The summed E-state index contributed by atoms with van der Waals surface area (Å²) in [6.07, 6.45) is -1.55. The Morgan fingerprint density at radius 1 is 1.36 bits per heavy atom. The van der Waals surface area contributed by atoms with Gasteiger partial charge >= 0.3 is 6.18 Å². The Balaban J connectivity index is 1.90. The summed E-state index contributed by atoms with van der Waals surface area (Å²) in [5.41, 5.74) is -0.627. The summed E-state index contributed by atoms with van der Waals surface area (Å²) >= 11 is 0. The lowest BCUT2D eigenvalue weighted by Crippen LogP contribution is -2.39. The molecule has 28 heavy (non-hydrogen) atoms. The van der Waals surface area contributed by atoms with Crippen molar-refractivity contribution in [1.29, 1.82) is 0 Å². The van der Waals surface area contributed by atoms with Crippen molar-refractivity contribution in [2.24, 2.45) is 0 Å². The largest absolute Gasteiger partial charge is 0.421 e. The van der Waals surface area contributed by atoms with Crippen molar-refractivity contribution < 1.29 is 18.0 Å². The molecule has 2 N–H and O–H groups in total. The fourth-order valence-corrected chi connectivity index (χ4v) is 3.13. The molecule has 1 atom stereocenters. The predicted molar refractivity (Wildman–Crippen MR) is 97.3 cm³/mol. The second kappa shape index (κ2) is 6.95. The molecule has 0 bridgehead atoms. The number of carbonyl (C=O) groups is 1. The minimum absolute atomic E-state index is 0.00613. The number of halogens is 3. The van der Waals surface area contributed by atoms with Crippen LogP contribution in [0.4, 0.5) is 30.6 Å². The Bertz CT molecular complexity index is 895. The zero-order valence-electron chi connectivity index (χ0n) is 16.1. The average molecular weight is 397 g/mol. The molecule has 8 nitrogen and oxygen atoms in total. The number of nitrogens with zero attached hydrogens (tertiary/aromatic N) is 5. The first-order valence-electron chi connectivity index (χ1n) is 8.83. The van der Waals surface area contributed by atoms with Crippen molar-refractivity contribution in [2.45, 2.75) is 38.9 Å². The highest BCUT2D eigenvalue weighted by Gasteiger charge is 2.44.